The molecule has 0 N–H and O–H groups in total. The van der Waals surface area contributed by atoms with E-state index in [2.05, 4.69) is 4.98 Å². The van der Waals surface area contributed by atoms with Gasteiger partial charge in [0.2, 0.25) is 0 Å². The Balaban J connectivity index is 1.47. The van der Waals surface area contributed by atoms with E-state index in [1.807, 2.05) is 50.2 Å². The van der Waals surface area contributed by atoms with E-state index >= 15 is 0 Å². The zero-order valence-electron chi connectivity index (χ0n) is 17.5. The number of rotatable bonds is 3. The molecule has 1 aliphatic rings. The van der Waals surface area contributed by atoms with Crippen molar-refractivity contribution in [3.63, 3.8) is 0 Å². The first-order chi connectivity index (χ1) is 14.5. The van der Waals surface area contributed by atoms with Crippen LogP contribution in [0, 0.1) is 13.8 Å². The topological polar surface area (TPSA) is 62.7 Å². The number of carbonyl (C=O) groups excluding carboxylic acids is 2. The molecule has 4 rings (SSSR count). The van der Waals surface area contributed by atoms with Gasteiger partial charge in [-0.2, -0.15) is 0 Å². The van der Waals surface area contributed by atoms with Gasteiger partial charge in [0.15, 0.2) is 0 Å². The number of hydrogen-bond acceptors (Lipinski definition) is 4. The van der Waals surface area contributed by atoms with Crippen LogP contribution in [0.1, 0.15) is 32.0 Å². The van der Waals surface area contributed by atoms with Crippen molar-refractivity contribution in [1.82, 2.24) is 14.8 Å². The Kier molecular flexibility index (Phi) is 5.40. The van der Waals surface area contributed by atoms with Crippen molar-refractivity contribution >= 4 is 22.7 Å². The van der Waals surface area contributed by atoms with Crippen molar-refractivity contribution in [1.29, 1.82) is 0 Å². The molecule has 6 heteroatoms. The first-order valence-corrected chi connectivity index (χ1v) is 10.1. The summed E-state index contributed by atoms with van der Waals surface area (Å²) < 4.78 is 5.21. The SMILES string of the molecule is COc1cccc(C(=O)N2CCN(C(=O)c3cc4cc(C)ccc4nc3C)CC2)c1. The van der Waals surface area contributed by atoms with Gasteiger partial charge in [0.25, 0.3) is 11.8 Å². The number of aromatic nitrogens is 1. The van der Waals surface area contributed by atoms with E-state index in [9.17, 15) is 9.59 Å². The molecule has 6 nitrogen and oxygen atoms in total. The van der Waals surface area contributed by atoms with E-state index in [4.69, 9.17) is 4.74 Å². The monoisotopic (exact) mass is 403 g/mol. The highest BCUT2D eigenvalue weighted by atomic mass is 16.5. The zero-order valence-corrected chi connectivity index (χ0v) is 17.5. The number of nitrogens with zero attached hydrogens (tertiary/aromatic N) is 3. The van der Waals surface area contributed by atoms with E-state index in [1.165, 1.54) is 0 Å². The second kappa shape index (κ2) is 8.14. The molecule has 0 atom stereocenters. The van der Waals surface area contributed by atoms with Gasteiger partial charge in [0.05, 0.1) is 23.9 Å². The Morgan fingerprint density at radius 2 is 1.60 bits per heavy atom. The van der Waals surface area contributed by atoms with Gasteiger partial charge in [-0.15, -0.1) is 0 Å². The summed E-state index contributed by atoms with van der Waals surface area (Å²) in [5.74, 6) is 0.584. The summed E-state index contributed by atoms with van der Waals surface area (Å²) in [5.41, 5.74) is 3.98. The Hall–Kier alpha value is -3.41. The number of piperazine rings is 1. The summed E-state index contributed by atoms with van der Waals surface area (Å²) in [6.07, 6.45) is 0. The van der Waals surface area contributed by atoms with Crippen LogP contribution in [0.25, 0.3) is 10.9 Å². The minimum atomic E-state index is -0.0416. The van der Waals surface area contributed by atoms with Gasteiger partial charge >= 0.3 is 0 Å². The molecule has 2 heterocycles. The number of carbonyl (C=O) groups is 2. The average Bonchev–Trinajstić information content (AvgIpc) is 2.78. The molecule has 2 aromatic carbocycles. The fourth-order valence-electron chi connectivity index (χ4n) is 3.83. The molecular formula is C24H25N3O3. The quantitative estimate of drug-likeness (QED) is 0.672. The number of ether oxygens (including phenoxy) is 1. The third kappa shape index (κ3) is 3.85. The highest BCUT2D eigenvalue weighted by Gasteiger charge is 2.26. The Labute approximate surface area is 176 Å². The Morgan fingerprint density at radius 1 is 0.900 bits per heavy atom. The second-order valence-electron chi connectivity index (χ2n) is 7.63. The molecule has 0 radical (unpaired) electrons. The van der Waals surface area contributed by atoms with E-state index in [0.29, 0.717) is 43.1 Å². The third-order valence-corrected chi connectivity index (χ3v) is 5.56. The normalized spacial score (nSPS) is 14.1. The van der Waals surface area contributed by atoms with Crippen molar-refractivity contribution in [2.45, 2.75) is 13.8 Å². The van der Waals surface area contributed by atoms with Crippen LogP contribution in [0.3, 0.4) is 0 Å². The van der Waals surface area contributed by atoms with E-state index in [0.717, 1.165) is 22.2 Å². The third-order valence-electron chi connectivity index (χ3n) is 5.56. The molecular weight excluding hydrogens is 378 g/mol. The van der Waals surface area contributed by atoms with Crippen LogP contribution in [-0.4, -0.2) is 59.9 Å². The van der Waals surface area contributed by atoms with Gasteiger partial charge in [-0.25, -0.2) is 0 Å². The molecule has 0 aliphatic carbocycles. The van der Waals surface area contributed by atoms with Crippen molar-refractivity contribution in [3.8, 4) is 5.75 Å². The number of methoxy groups -OCH3 is 1. The summed E-state index contributed by atoms with van der Waals surface area (Å²) in [7, 11) is 1.58. The minimum absolute atomic E-state index is 0.0307. The Morgan fingerprint density at radius 3 is 2.30 bits per heavy atom. The highest BCUT2D eigenvalue weighted by Crippen LogP contribution is 2.21. The lowest BCUT2D eigenvalue weighted by Gasteiger charge is -2.35. The predicted molar refractivity (Wildman–Crippen MR) is 116 cm³/mol. The molecule has 1 fully saturated rings. The van der Waals surface area contributed by atoms with Gasteiger partial charge in [-0.3, -0.25) is 14.6 Å². The first kappa shape index (κ1) is 19.9. The number of benzene rings is 2. The summed E-state index contributed by atoms with van der Waals surface area (Å²) in [5, 5.41) is 0.968. The number of hydrogen-bond donors (Lipinski definition) is 0. The van der Waals surface area contributed by atoms with Crippen LogP contribution in [0.15, 0.2) is 48.5 Å². The van der Waals surface area contributed by atoms with Crippen LogP contribution in [0.2, 0.25) is 0 Å². The summed E-state index contributed by atoms with van der Waals surface area (Å²) in [6.45, 7) is 5.90. The molecule has 154 valence electrons. The first-order valence-electron chi connectivity index (χ1n) is 10.1. The van der Waals surface area contributed by atoms with Crippen molar-refractivity contribution in [2.24, 2.45) is 0 Å². The predicted octanol–water partition coefficient (Wildman–Crippen LogP) is 3.46. The minimum Gasteiger partial charge on any atom is -0.497 e. The van der Waals surface area contributed by atoms with Gasteiger partial charge in [-0.05, 0) is 50.2 Å². The number of amides is 2. The Bertz CT molecular complexity index is 1120. The average molecular weight is 403 g/mol. The lowest BCUT2D eigenvalue weighted by molar-refractivity contribution is 0.0534. The van der Waals surface area contributed by atoms with Crippen LogP contribution in [0.4, 0.5) is 0 Å². The van der Waals surface area contributed by atoms with E-state index < -0.39 is 0 Å². The summed E-state index contributed by atoms with van der Waals surface area (Å²) >= 11 is 0. The smallest absolute Gasteiger partial charge is 0.255 e. The molecule has 1 aliphatic heterocycles. The van der Waals surface area contributed by atoms with Crippen molar-refractivity contribution < 1.29 is 14.3 Å². The fourth-order valence-corrected chi connectivity index (χ4v) is 3.83. The summed E-state index contributed by atoms with van der Waals surface area (Å²) in [6, 6.07) is 15.1. The van der Waals surface area contributed by atoms with E-state index in [-0.39, 0.29) is 11.8 Å². The van der Waals surface area contributed by atoms with Crippen LogP contribution < -0.4 is 4.74 Å². The maximum atomic E-state index is 13.1. The molecule has 1 aromatic heterocycles. The maximum absolute atomic E-state index is 13.1. The molecule has 0 bridgehead atoms. The molecule has 30 heavy (non-hydrogen) atoms. The molecule has 0 unspecified atom stereocenters. The molecule has 3 aromatic rings. The number of aryl methyl sites for hydroxylation is 2. The zero-order chi connectivity index (χ0) is 21.3. The standard InChI is InChI=1S/C24H25N3O3/c1-16-7-8-22-19(13-16)15-21(17(2)25-22)24(29)27-11-9-26(10-12-27)23(28)18-5-4-6-20(14-18)30-3/h4-8,13-15H,9-12H2,1-3H3. The highest BCUT2D eigenvalue weighted by molar-refractivity contribution is 5.99. The maximum Gasteiger partial charge on any atom is 0.255 e. The van der Waals surface area contributed by atoms with Crippen LogP contribution in [-0.2, 0) is 0 Å². The molecule has 1 saturated heterocycles. The number of fused-ring (bicyclic) bond motifs is 1. The van der Waals surface area contributed by atoms with Crippen LogP contribution in [0.5, 0.6) is 5.75 Å². The number of pyridine rings is 1. The van der Waals surface area contributed by atoms with Gasteiger partial charge < -0.3 is 14.5 Å². The lowest BCUT2D eigenvalue weighted by Crippen LogP contribution is -2.50. The van der Waals surface area contributed by atoms with Gasteiger partial charge in [0, 0.05) is 37.1 Å². The lowest BCUT2D eigenvalue weighted by atomic mass is 10.1. The molecule has 2 amide bonds. The summed E-state index contributed by atoms with van der Waals surface area (Å²) in [4.78, 5) is 34.1. The van der Waals surface area contributed by atoms with Gasteiger partial charge in [-0.1, -0.05) is 17.7 Å². The van der Waals surface area contributed by atoms with E-state index in [1.54, 1.807) is 29.0 Å². The molecule has 0 saturated carbocycles. The largest absolute Gasteiger partial charge is 0.497 e. The van der Waals surface area contributed by atoms with Crippen molar-refractivity contribution in [2.75, 3.05) is 33.3 Å². The second-order valence-corrected chi connectivity index (χ2v) is 7.63. The van der Waals surface area contributed by atoms with Crippen LogP contribution >= 0.6 is 0 Å². The fraction of sp³-hybridized carbons (Fsp3) is 0.292. The van der Waals surface area contributed by atoms with Gasteiger partial charge in [0.1, 0.15) is 5.75 Å². The van der Waals surface area contributed by atoms with Crippen molar-refractivity contribution in [3.05, 3.63) is 70.9 Å². The molecule has 0 spiro atoms.